The van der Waals surface area contributed by atoms with Gasteiger partial charge in [-0.05, 0) is 5.56 Å². The van der Waals surface area contributed by atoms with Crippen molar-refractivity contribution >= 4 is 12.1 Å². The lowest BCUT2D eigenvalue weighted by Gasteiger charge is -2.10. The van der Waals surface area contributed by atoms with E-state index in [2.05, 4.69) is 9.97 Å². The van der Waals surface area contributed by atoms with Crippen LogP contribution in [0, 0.1) is 5.95 Å². The number of imidazole rings is 1. The number of aromatic nitrogens is 3. The fourth-order valence-corrected chi connectivity index (χ4v) is 2.65. The van der Waals surface area contributed by atoms with E-state index in [1.165, 1.54) is 4.40 Å². The van der Waals surface area contributed by atoms with E-state index in [0.717, 1.165) is 29.2 Å². The lowest BCUT2D eigenvalue weighted by molar-refractivity contribution is 0.112. The second-order valence-corrected chi connectivity index (χ2v) is 5.36. The van der Waals surface area contributed by atoms with Gasteiger partial charge in [-0.15, -0.1) is 0 Å². The van der Waals surface area contributed by atoms with Crippen molar-refractivity contribution in [1.82, 2.24) is 14.4 Å². The average molecular weight is 317 g/mol. The van der Waals surface area contributed by atoms with Crippen LogP contribution in [0.5, 0.6) is 0 Å². The Hall–Kier alpha value is -3.34. The average Bonchev–Trinajstić information content (AvgIpc) is 3.02. The molecule has 0 radical (unpaired) electrons. The van der Waals surface area contributed by atoms with Crippen LogP contribution in [0.15, 0.2) is 67.0 Å². The second-order valence-electron chi connectivity index (χ2n) is 5.36. The number of hydrogen-bond acceptors (Lipinski definition) is 3. The Kier molecular flexibility index (Phi) is 3.39. The molecule has 24 heavy (non-hydrogen) atoms. The standard InChI is InChI=1S/C19H12FN3O/c20-17-10-21-19-22-18(15-8-6-13(12-24)7-9-15)16(11-23(17)19)14-4-2-1-3-5-14/h1-12H. The molecule has 2 heterocycles. The van der Waals surface area contributed by atoms with E-state index in [0.29, 0.717) is 17.0 Å². The smallest absolute Gasteiger partial charge is 0.236 e. The normalized spacial score (nSPS) is 10.9. The van der Waals surface area contributed by atoms with Crippen LogP contribution in [0.25, 0.3) is 28.2 Å². The molecule has 0 fully saturated rings. The lowest BCUT2D eigenvalue weighted by Crippen LogP contribution is -1.98. The van der Waals surface area contributed by atoms with Crippen LogP contribution in [0.3, 0.4) is 0 Å². The van der Waals surface area contributed by atoms with Crippen molar-refractivity contribution in [3.05, 3.63) is 78.5 Å². The van der Waals surface area contributed by atoms with E-state index in [-0.39, 0.29) is 0 Å². The number of nitrogens with zero attached hydrogens (tertiary/aromatic N) is 3. The number of carbonyl (C=O) groups excluding carboxylic acids is 1. The molecule has 0 amide bonds. The molecule has 4 nitrogen and oxygen atoms in total. The van der Waals surface area contributed by atoms with Crippen molar-refractivity contribution in [3.8, 4) is 22.4 Å². The van der Waals surface area contributed by atoms with Gasteiger partial charge in [0.15, 0.2) is 0 Å². The molecule has 0 spiro atoms. The number of benzene rings is 2. The Morgan fingerprint density at radius 3 is 2.42 bits per heavy atom. The molecular formula is C19H12FN3O. The Balaban J connectivity index is 1.99. The van der Waals surface area contributed by atoms with E-state index in [1.807, 2.05) is 42.5 Å². The van der Waals surface area contributed by atoms with Gasteiger partial charge in [-0.1, -0.05) is 54.6 Å². The molecule has 4 aromatic rings. The predicted octanol–water partition coefficient (Wildman–Crippen LogP) is 4.01. The van der Waals surface area contributed by atoms with Crippen molar-refractivity contribution in [2.75, 3.05) is 0 Å². The zero-order chi connectivity index (χ0) is 16.5. The summed E-state index contributed by atoms with van der Waals surface area (Å²) in [5, 5.41) is 0. The molecule has 0 saturated heterocycles. The van der Waals surface area contributed by atoms with E-state index in [4.69, 9.17) is 0 Å². The number of fused-ring (bicyclic) bond motifs is 1. The summed E-state index contributed by atoms with van der Waals surface area (Å²) in [5.41, 5.74) is 3.84. The van der Waals surface area contributed by atoms with E-state index in [9.17, 15) is 9.18 Å². The van der Waals surface area contributed by atoms with Crippen molar-refractivity contribution in [2.24, 2.45) is 0 Å². The summed E-state index contributed by atoms with van der Waals surface area (Å²) in [6, 6.07) is 16.8. The minimum atomic E-state index is -0.461. The van der Waals surface area contributed by atoms with Gasteiger partial charge in [0.05, 0.1) is 11.9 Å². The number of hydrogen-bond donors (Lipinski definition) is 0. The number of rotatable bonds is 3. The molecule has 0 unspecified atom stereocenters. The van der Waals surface area contributed by atoms with Crippen molar-refractivity contribution in [2.45, 2.75) is 0 Å². The van der Waals surface area contributed by atoms with Gasteiger partial charge >= 0.3 is 0 Å². The van der Waals surface area contributed by atoms with Crippen LogP contribution in [0.4, 0.5) is 4.39 Å². The van der Waals surface area contributed by atoms with E-state index >= 15 is 0 Å². The first-order valence-corrected chi connectivity index (χ1v) is 7.41. The van der Waals surface area contributed by atoms with Gasteiger partial charge in [0.2, 0.25) is 11.7 Å². The summed E-state index contributed by atoms with van der Waals surface area (Å²) in [6.45, 7) is 0. The summed E-state index contributed by atoms with van der Waals surface area (Å²) in [6.07, 6.45) is 3.64. The van der Waals surface area contributed by atoms with Crippen molar-refractivity contribution in [1.29, 1.82) is 0 Å². The van der Waals surface area contributed by atoms with Crippen LogP contribution in [0.2, 0.25) is 0 Å². The highest BCUT2D eigenvalue weighted by atomic mass is 19.1. The number of aldehydes is 1. The summed E-state index contributed by atoms with van der Waals surface area (Å²) in [5.74, 6) is -0.167. The third-order valence-electron chi connectivity index (χ3n) is 3.86. The maximum atomic E-state index is 13.9. The zero-order valence-corrected chi connectivity index (χ0v) is 12.6. The van der Waals surface area contributed by atoms with Gasteiger partial charge in [-0.25, -0.2) is 9.97 Å². The summed E-state index contributed by atoms with van der Waals surface area (Å²) < 4.78 is 15.2. The van der Waals surface area contributed by atoms with Crippen LogP contribution >= 0.6 is 0 Å². The minimum Gasteiger partial charge on any atom is -0.298 e. The monoisotopic (exact) mass is 317 g/mol. The van der Waals surface area contributed by atoms with Crippen molar-refractivity contribution in [3.63, 3.8) is 0 Å². The molecule has 0 aliphatic heterocycles. The van der Waals surface area contributed by atoms with Crippen LogP contribution < -0.4 is 0 Å². The van der Waals surface area contributed by atoms with Gasteiger partial charge in [0, 0.05) is 22.9 Å². The second kappa shape index (κ2) is 5.70. The molecule has 0 N–H and O–H groups in total. The molecule has 0 saturated carbocycles. The number of carbonyl (C=O) groups is 1. The van der Waals surface area contributed by atoms with Crippen LogP contribution in [-0.2, 0) is 0 Å². The van der Waals surface area contributed by atoms with Gasteiger partial charge in [0.25, 0.3) is 0 Å². The molecule has 5 heteroatoms. The SMILES string of the molecule is O=Cc1ccc(-c2nc3ncc(F)n3cc2-c2ccccc2)cc1. The molecule has 116 valence electrons. The first-order chi connectivity index (χ1) is 11.8. The molecule has 0 atom stereocenters. The lowest BCUT2D eigenvalue weighted by atomic mass is 10.00. The molecule has 2 aromatic heterocycles. The topological polar surface area (TPSA) is 47.3 Å². The van der Waals surface area contributed by atoms with Crippen LogP contribution in [0.1, 0.15) is 10.4 Å². The summed E-state index contributed by atoms with van der Waals surface area (Å²) in [7, 11) is 0. The molecule has 0 aliphatic rings. The van der Waals surface area contributed by atoms with E-state index < -0.39 is 5.95 Å². The highest BCUT2D eigenvalue weighted by Crippen LogP contribution is 2.31. The Bertz CT molecular complexity index is 1020. The quantitative estimate of drug-likeness (QED) is 0.536. The third-order valence-corrected chi connectivity index (χ3v) is 3.86. The number of halogens is 1. The van der Waals surface area contributed by atoms with Gasteiger partial charge in [-0.3, -0.25) is 9.20 Å². The molecule has 0 bridgehead atoms. The zero-order valence-electron chi connectivity index (χ0n) is 12.6. The van der Waals surface area contributed by atoms with Gasteiger partial charge in [-0.2, -0.15) is 4.39 Å². The van der Waals surface area contributed by atoms with Gasteiger partial charge in [0.1, 0.15) is 6.29 Å². The first-order valence-electron chi connectivity index (χ1n) is 7.41. The largest absolute Gasteiger partial charge is 0.298 e. The summed E-state index contributed by atoms with van der Waals surface area (Å²) in [4.78, 5) is 19.4. The Morgan fingerprint density at radius 2 is 1.71 bits per heavy atom. The van der Waals surface area contributed by atoms with Crippen LogP contribution in [-0.4, -0.2) is 20.7 Å². The fraction of sp³-hybridized carbons (Fsp3) is 0. The highest BCUT2D eigenvalue weighted by Gasteiger charge is 2.14. The molecule has 0 aliphatic carbocycles. The molecule has 4 rings (SSSR count). The molecule has 2 aromatic carbocycles. The molecular weight excluding hydrogens is 305 g/mol. The fourth-order valence-electron chi connectivity index (χ4n) is 2.65. The van der Waals surface area contributed by atoms with E-state index in [1.54, 1.807) is 18.3 Å². The summed E-state index contributed by atoms with van der Waals surface area (Å²) >= 11 is 0. The highest BCUT2D eigenvalue weighted by molar-refractivity contribution is 5.83. The maximum Gasteiger partial charge on any atom is 0.236 e. The Morgan fingerprint density at radius 1 is 0.958 bits per heavy atom. The minimum absolute atomic E-state index is 0.293. The Labute approximate surface area is 137 Å². The van der Waals surface area contributed by atoms with Crippen molar-refractivity contribution < 1.29 is 9.18 Å². The van der Waals surface area contributed by atoms with Gasteiger partial charge < -0.3 is 0 Å². The maximum absolute atomic E-state index is 13.9. The third kappa shape index (κ3) is 2.36. The first kappa shape index (κ1) is 14.3. The predicted molar refractivity (Wildman–Crippen MR) is 89.2 cm³/mol.